The second-order valence-electron chi connectivity index (χ2n) is 8.14. The highest BCUT2D eigenvalue weighted by atomic mass is 79.9. The molecule has 0 saturated carbocycles. The summed E-state index contributed by atoms with van der Waals surface area (Å²) in [5, 5.41) is 4.07. The highest BCUT2D eigenvalue weighted by Crippen LogP contribution is 2.29. The van der Waals surface area contributed by atoms with E-state index in [1.54, 1.807) is 67.8 Å². The van der Waals surface area contributed by atoms with Crippen molar-refractivity contribution in [3.63, 3.8) is 0 Å². The maximum atomic E-state index is 12.9. The van der Waals surface area contributed by atoms with Crippen molar-refractivity contribution >= 4 is 34.0 Å². The van der Waals surface area contributed by atoms with Gasteiger partial charge in [-0.1, -0.05) is 46.3 Å². The molecule has 0 aliphatic rings. The van der Waals surface area contributed by atoms with Crippen molar-refractivity contribution in [2.24, 2.45) is 5.10 Å². The van der Waals surface area contributed by atoms with Gasteiger partial charge < -0.3 is 18.9 Å². The zero-order valence-electron chi connectivity index (χ0n) is 21.2. The number of carbonyl (C=O) groups is 2. The van der Waals surface area contributed by atoms with Gasteiger partial charge in [0.15, 0.2) is 11.5 Å². The average molecular weight is 589 g/mol. The molecule has 39 heavy (non-hydrogen) atoms. The summed E-state index contributed by atoms with van der Waals surface area (Å²) in [6, 6.07) is 26.4. The van der Waals surface area contributed by atoms with Crippen LogP contribution in [0.1, 0.15) is 31.8 Å². The van der Waals surface area contributed by atoms with Crippen molar-refractivity contribution in [2.75, 3.05) is 14.2 Å². The number of esters is 1. The molecule has 0 unspecified atom stereocenters. The van der Waals surface area contributed by atoms with E-state index < -0.39 is 11.9 Å². The monoisotopic (exact) mass is 588 g/mol. The first-order chi connectivity index (χ1) is 19.0. The minimum absolute atomic E-state index is 0.244. The van der Waals surface area contributed by atoms with E-state index in [1.165, 1.54) is 13.3 Å². The van der Waals surface area contributed by atoms with Gasteiger partial charge >= 0.3 is 5.97 Å². The normalized spacial score (nSPS) is 10.6. The topological polar surface area (TPSA) is 95.5 Å². The number of methoxy groups -OCH3 is 2. The van der Waals surface area contributed by atoms with Gasteiger partial charge in [-0.05, 0) is 71.8 Å². The Bertz CT molecular complexity index is 1470. The van der Waals surface area contributed by atoms with Crippen molar-refractivity contribution in [2.45, 2.75) is 6.61 Å². The summed E-state index contributed by atoms with van der Waals surface area (Å²) in [7, 11) is 3.01. The summed E-state index contributed by atoms with van der Waals surface area (Å²) in [6.07, 6.45) is 1.46. The molecule has 0 bridgehead atoms. The fraction of sp³-hybridized carbons (Fsp3) is 0.100. The van der Waals surface area contributed by atoms with Crippen molar-refractivity contribution in [1.29, 1.82) is 0 Å². The third kappa shape index (κ3) is 7.45. The van der Waals surface area contributed by atoms with E-state index in [0.717, 1.165) is 10.0 Å². The van der Waals surface area contributed by atoms with Crippen LogP contribution in [-0.2, 0) is 6.61 Å². The Morgan fingerprint density at radius 3 is 2.31 bits per heavy atom. The number of ether oxygens (including phenoxy) is 4. The average Bonchev–Trinajstić information content (AvgIpc) is 2.97. The van der Waals surface area contributed by atoms with Crippen LogP contribution in [0.15, 0.2) is 101 Å². The Morgan fingerprint density at radius 1 is 0.846 bits per heavy atom. The van der Waals surface area contributed by atoms with Crippen LogP contribution in [0.25, 0.3) is 0 Å². The standard InChI is InChI=1S/C30H25BrN2O6/c1-36-24-12-9-22(10-13-24)30(35)39-27-14-8-21(16-28(27)37-2)18-32-33-29(34)25-17-23(31)11-15-26(25)38-19-20-6-4-3-5-7-20/h3-18H,19H2,1-2H3,(H,33,34)/b32-18+. The predicted octanol–water partition coefficient (Wildman–Crippen LogP) is 6.03. The molecule has 0 aliphatic heterocycles. The quantitative estimate of drug-likeness (QED) is 0.105. The van der Waals surface area contributed by atoms with Crippen LogP contribution >= 0.6 is 15.9 Å². The lowest BCUT2D eigenvalue weighted by Crippen LogP contribution is -2.19. The molecule has 0 spiro atoms. The van der Waals surface area contributed by atoms with Gasteiger partial charge in [-0.25, -0.2) is 10.2 Å². The van der Waals surface area contributed by atoms with Gasteiger partial charge in [0.2, 0.25) is 0 Å². The molecular weight excluding hydrogens is 564 g/mol. The number of nitrogens with zero attached hydrogens (tertiary/aromatic N) is 1. The molecular formula is C30H25BrN2O6. The molecule has 1 N–H and O–H groups in total. The SMILES string of the molecule is COc1ccc(C(=O)Oc2ccc(/C=N/NC(=O)c3cc(Br)ccc3OCc3ccccc3)cc2OC)cc1. The lowest BCUT2D eigenvalue weighted by molar-refractivity contribution is 0.0729. The fourth-order valence-electron chi connectivity index (χ4n) is 3.50. The summed E-state index contributed by atoms with van der Waals surface area (Å²) in [5.74, 6) is 0.663. The lowest BCUT2D eigenvalue weighted by Gasteiger charge is -2.11. The summed E-state index contributed by atoms with van der Waals surface area (Å²) in [5.41, 5.74) is 4.82. The van der Waals surface area contributed by atoms with E-state index in [0.29, 0.717) is 40.5 Å². The highest BCUT2D eigenvalue weighted by molar-refractivity contribution is 9.10. The zero-order chi connectivity index (χ0) is 27.6. The molecule has 0 saturated heterocycles. The summed E-state index contributed by atoms with van der Waals surface area (Å²) >= 11 is 3.40. The summed E-state index contributed by atoms with van der Waals surface area (Å²) in [4.78, 5) is 25.4. The molecule has 198 valence electrons. The van der Waals surface area contributed by atoms with Crippen molar-refractivity contribution in [3.05, 3.63) is 118 Å². The third-order valence-corrected chi connectivity index (χ3v) is 6.01. The van der Waals surface area contributed by atoms with E-state index >= 15 is 0 Å². The van der Waals surface area contributed by atoms with E-state index in [4.69, 9.17) is 18.9 Å². The van der Waals surface area contributed by atoms with Gasteiger partial charge in [0.1, 0.15) is 18.1 Å². The molecule has 1 amide bonds. The summed E-state index contributed by atoms with van der Waals surface area (Å²) in [6.45, 7) is 0.321. The molecule has 0 atom stereocenters. The van der Waals surface area contributed by atoms with Crippen molar-refractivity contribution < 1.29 is 28.5 Å². The highest BCUT2D eigenvalue weighted by Gasteiger charge is 2.15. The fourth-order valence-corrected chi connectivity index (χ4v) is 3.86. The molecule has 0 fully saturated rings. The molecule has 0 radical (unpaired) electrons. The van der Waals surface area contributed by atoms with Crippen LogP contribution in [0.2, 0.25) is 0 Å². The molecule has 4 aromatic rings. The molecule has 0 heterocycles. The van der Waals surface area contributed by atoms with Crippen molar-refractivity contribution in [1.82, 2.24) is 5.43 Å². The molecule has 4 aromatic carbocycles. The van der Waals surface area contributed by atoms with Crippen LogP contribution in [0.3, 0.4) is 0 Å². The number of hydrazone groups is 1. The van der Waals surface area contributed by atoms with Crippen LogP contribution < -0.4 is 24.4 Å². The Balaban J connectivity index is 1.41. The molecule has 4 rings (SSSR count). The lowest BCUT2D eigenvalue weighted by atomic mass is 10.2. The molecule has 0 aromatic heterocycles. The van der Waals surface area contributed by atoms with E-state index in [2.05, 4.69) is 26.5 Å². The minimum atomic E-state index is -0.538. The van der Waals surface area contributed by atoms with E-state index in [9.17, 15) is 9.59 Å². The van der Waals surface area contributed by atoms with E-state index in [-0.39, 0.29) is 5.75 Å². The Morgan fingerprint density at radius 2 is 1.59 bits per heavy atom. The molecule has 9 heteroatoms. The second-order valence-corrected chi connectivity index (χ2v) is 9.06. The number of carbonyl (C=O) groups excluding carboxylic acids is 2. The molecule has 8 nitrogen and oxygen atoms in total. The smallest absolute Gasteiger partial charge is 0.343 e. The Kier molecular flexibility index (Phi) is 9.31. The number of halogens is 1. The van der Waals surface area contributed by atoms with Crippen molar-refractivity contribution in [3.8, 4) is 23.0 Å². The number of nitrogens with one attached hydrogen (secondary N) is 1. The first-order valence-corrected chi connectivity index (χ1v) is 12.6. The van der Waals surface area contributed by atoms with Gasteiger partial charge in [0, 0.05) is 4.47 Å². The maximum Gasteiger partial charge on any atom is 0.343 e. The van der Waals surface area contributed by atoms with Gasteiger partial charge in [-0.3, -0.25) is 4.79 Å². The van der Waals surface area contributed by atoms with Gasteiger partial charge in [0.25, 0.3) is 5.91 Å². The van der Waals surface area contributed by atoms with Gasteiger partial charge in [0.05, 0.1) is 31.6 Å². The Hall–Kier alpha value is -4.63. The number of amides is 1. The van der Waals surface area contributed by atoms with Crippen LogP contribution in [-0.4, -0.2) is 32.3 Å². The predicted molar refractivity (Wildman–Crippen MR) is 151 cm³/mol. The third-order valence-electron chi connectivity index (χ3n) is 5.52. The summed E-state index contributed by atoms with van der Waals surface area (Å²) < 4.78 is 22.6. The number of hydrogen-bond acceptors (Lipinski definition) is 7. The second kappa shape index (κ2) is 13.3. The van der Waals surface area contributed by atoms with E-state index in [1.807, 2.05) is 30.3 Å². The minimum Gasteiger partial charge on any atom is -0.497 e. The largest absolute Gasteiger partial charge is 0.497 e. The van der Waals surface area contributed by atoms with Crippen LogP contribution in [0, 0.1) is 0 Å². The number of hydrogen-bond donors (Lipinski definition) is 1. The zero-order valence-corrected chi connectivity index (χ0v) is 22.8. The van der Waals surface area contributed by atoms with Gasteiger partial charge in [-0.15, -0.1) is 0 Å². The Labute approximate surface area is 234 Å². The molecule has 0 aliphatic carbocycles. The van der Waals surface area contributed by atoms with Gasteiger partial charge in [-0.2, -0.15) is 5.10 Å². The first kappa shape index (κ1) is 27.4. The van der Waals surface area contributed by atoms with Crippen LogP contribution in [0.4, 0.5) is 0 Å². The van der Waals surface area contributed by atoms with Crippen LogP contribution in [0.5, 0.6) is 23.0 Å². The number of benzene rings is 4. The maximum absolute atomic E-state index is 12.9. The first-order valence-electron chi connectivity index (χ1n) is 11.8. The number of rotatable bonds is 10.